The van der Waals surface area contributed by atoms with Gasteiger partial charge in [0, 0.05) is 18.4 Å². The number of benzene rings is 2. The molecule has 0 unspecified atom stereocenters. The summed E-state index contributed by atoms with van der Waals surface area (Å²) in [6.07, 6.45) is 3.18. The number of hydrogen-bond acceptors (Lipinski definition) is 7. The van der Waals surface area contributed by atoms with Crippen LogP contribution >= 0.6 is 0 Å². The number of ether oxygens (including phenoxy) is 3. The van der Waals surface area contributed by atoms with Crippen molar-refractivity contribution in [3.05, 3.63) is 63.8 Å². The van der Waals surface area contributed by atoms with Crippen LogP contribution in [0, 0.1) is 10.1 Å². The topological polar surface area (TPSA) is 101 Å². The van der Waals surface area contributed by atoms with Crippen LogP contribution in [0.15, 0.2) is 42.5 Å². The van der Waals surface area contributed by atoms with Gasteiger partial charge < -0.3 is 14.2 Å². The Morgan fingerprint density at radius 2 is 1.93 bits per heavy atom. The first-order valence-corrected chi connectivity index (χ1v) is 8.35. The second-order valence-electron chi connectivity index (χ2n) is 6.01. The highest BCUT2D eigenvalue weighted by Gasteiger charge is 2.22. The molecule has 0 amide bonds. The molecule has 8 nitrogen and oxygen atoms in total. The Bertz CT molecular complexity index is 1140. The highest BCUT2D eigenvalue weighted by molar-refractivity contribution is 5.89. The molecule has 0 aliphatic carbocycles. The lowest BCUT2D eigenvalue weighted by atomic mass is 10.1. The van der Waals surface area contributed by atoms with Gasteiger partial charge in [-0.2, -0.15) is 0 Å². The lowest BCUT2D eigenvalue weighted by molar-refractivity contribution is -0.385. The number of fused-ring (bicyclic) bond motifs is 2. The van der Waals surface area contributed by atoms with Gasteiger partial charge in [-0.05, 0) is 30.4 Å². The van der Waals surface area contributed by atoms with Crippen molar-refractivity contribution >= 4 is 34.7 Å². The molecule has 2 aromatic carbocycles. The normalized spacial score (nSPS) is 12.5. The number of rotatable bonds is 4. The number of pyridine rings is 1. The minimum atomic E-state index is -0.486. The molecule has 28 heavy (non-hydrogen) atoms. The van der Waals surface area contributed by atoms with Crippen molar-refractivity contribution in [3.8, 4) is 17.2 Å². The van der Waals surface area contributed by atoms with Gasteiger partial charge in [0.05, 0.1) is 27.8 Å². The molecule has 140 valence electrons. The number of nitro benzene ring substituents is 1. The van der Waals surface area contributed by atoms with Crippen LogP contribution in [0.5, 0.6) is 17.2 Å². The minimum Gasteiger partial charge on any atom is -0.454 e. The van der Waals surface area contributed by atoms with Crippen molar-refractivity contribution in [3.63, 3.8) is 0 Å². The average Bonchev–Trinajstić information content (AvgIpc) is 3.12. The van der Waals surface area contributed by atoms with E-state index >= 15 is 0 Å². The predicted molar refractivity (Wildman–Crippen MR) is 101 cm³/mol. The second-order valence-corrected chi connectivity index (χ2v) is 6.01. The molecule has 0 bridgehead atoms. The average molecular weight is 378 g/mol. The van der Waals surface area contributed by atoms with Gasteiger partial charge in [0.15, 0.2) is 11.5 Å². The molecule has 0 spiro atoms. The van der Waals surface area contributed by atoms with Gasteiger partial charge in [0.2, 0.25) is 6.79 Å². The first-order chi connectivity index (χ1) is 13.5. The van der Waals surface area contributed by atoms with Gasteiger partial charge in [-0.3, -0.25) is 14.9 Å². The number of nitro groups is 1. The summed E-state index contributed by atoms with van der Waals surface area (Å²) in [4.78, 5) is 26.8. The Hall–Kier alpha value is -3.94. The Labute approximate surface area is 159 Å². The van der Waals surface area contributed by atoms with Crippen LogP contribution in [0.3, 0.4) is 0 Å². The van der Waals surface area contributed by atoms with Crippen molar-refractivity contribution in [2.24, 2.45) is 0 Å². The summed E-state index contributed by atoms with van der Waals surface area (Å²) < 4.78 is 15.8. The van der Waals surface area contributed by atoms with E-state index in [4.69, 9.17) is 14.2 Å². The van der Waals surface area contributed by atoms with E-state index in [9.17, 15) is 14.9 Å². The third kappa shape index (κ3) is 3.35. The van der Waals surface area contributed by atoms with E-state index in [1.54, 1.807) is 36.4 Å². The summed E-state index contributed by atoms with van der Waals surface area (Å²) >= 11 is 0. The SMILES string of the molecule is CC(=O)Oc1cc(C=Cc2cc3c(cc2[N+](=O)[O-])OCO3)nc2ccccc12. The van der Waals surface area contributed by atoms with Gasteiger partial charge in [0.1, 0.15) is 5.75 Å². The van der Waals surface area contributed by atoms with Gasteiger partial charge >= 0.3 is 5.97 Å². The van der Waals surface area contributed by atoms with Crippen LogP contribution in [0.1, 0.15) is 18.2 Å². The Morgan fingerprint density at radius 3 is 2.68 bits per heavy atom. The van der Waals surface area contributed by atoms with Crippen molar-refractivity contribution < 1.29 is 23.9 Å². The molecule has 0 saturated heterocycles. The van der Waals surface area contributed by atoms with Gasteiger partial charge in [-0.25, -0.2) is 4.98 Å². The smallest absolute Gasteiger partial charge is 0.308 e. The fourth-order valence-corrected chi connectivity index (χ4v) is 2.90. The zero-order valence-electron chi connectivity index (χ0n) is 14.7. The number of carbonyl (C=O) groups excluding carboxylic acids is 1. The van der Waals surface area contributed by atoms with E-state index in [0.29, 0.717) is 39.4 Å². The summed E-state index contributed by atoms with van der Waals surface area (Å²) in [5.74, 6) is 0.706. The lowest BCUT2D eigenvalue weighted by Gasteiger charge is -2.07. The molecule has 8 heteroatoms. The summed E-state index contributed by atoms with van der Waals surface area (Å²) in [6.45, 7) is 1.35. The summed E-state index contributed by atoms with van der Waals surface area (Å²) in [5.41, 5.74) is 1.36. The largest absolute Gasteiger partial charge is 0.454 e. The standard InChI is InChI=1S/C20H14N2O6/c1-12(23)28-18-9-14(21-16-5-3-2-4-15(16)18)7-6-13-8-19-20(27-11-26-19)10-17(13)22(24)25/h2-10H,11H2,1H3. The number of nitrogens with zero attached hydrogens (tertiary/aromatic N) is 2. The lowest BCUT2D eigenvalue weighted by Crippen LogP contribution is -2.02. The fourth-order valence-electron chi connectivity index (χ4n) is 2.90. The zero-order chi connectivity index (χ0) is 19.7. The van der Waals surface area contributed by atoms with Crippen molar-refractivity contribution in [2.75, 3.05) is 6.79 Å². The molecule has 1 aliphatic heterocycles. The molecule has 0 radical (unpaired) electrons. The maximum absolute atomic E-state index is 11.4. The Kier molecular flexibility index (Phi) is 4.36. The fraction of sp³-hybridized carbons (Fsp3) is 0.100. The number of hydrogen-bond donors (Lipinski definition) is 0. The first kappa shape index (κ1) is 17.5. The quantitative estimate of drug-likeness (QED) is 0.385. The second kappa shape index (κ2) is 6.99. The molecule has 4 rings (SSSR count). The van der Waals surface area contributed by atoms with Crippen LogP contribution in [-0.4, -0.2) is 22.7 Å². The molecule has 3 aromatic rings. The zero-order valence-corrected chi connectivity index (χ0v) is 14.7. The number of aromatic nitrogens is 1. The van der Waals surface area contributed by atoms with Gasteiger partial charge in [0.25, 0.3) is 5.69 Å². The number of para-hydroxylation sites is 1. The van der Waals surface area contributed by atoms with E-state index in [1.807, 2.05) is 12.1 Å². The van der Waals surface area contributed by atoms with Crippen molar-refractivity contribution in [1.29, 1.82) is 0 Å². The van der Waals surface area contributed by atoms with Gasteiger partial charge in [-0.15, -0.1) is 0 Å². The first-order valence-electron chi connectivity index (χ1n) is 8.35. The van der Waals surface area contributed by atoms with Gasteiger partial charge in [-0.1, -0.05) is 12.1 Å². The molecule has 0 saturated carbocycles. The highest BCUT2D eigenvalue weighted by atomic mass is 16.7. The molecular weight excluding hydrogens is 364 g/mol. The van der Waals surface area contributed by atoms with E-state index in [2.05, 4.69) is 4.98 Å². The molecule has 1 aromatic heterocycles. The van der Waals surface area contributed by atoms with Crippen LogP contribution in [0.4, 0.5) is 5.69 Å². The molecule has 2 heterocycles. The third-order valence-corrected chi connectivity index (χ3v) is 4.10. The van der Waals surface area contributed by atoms with Crippen LogP contribution < -0.4 is 14.2 Å². The van der Waals surface area contributed by atoms with E-state index in [-0.39, 0.29) is 12.5 Å². The van der Waals surface area contributed by atoms with E-state index in [1.165, 1.54) is 13.0 Å². The Balaban J connectivity index is 1.77. The molecular formula is C20H14N2O6. The summed E-state index contributed by atoms with van der Waals surface area (Å²) in [7, 11) is 0. The molecule has 0 atom stereocenters. The number of carbonyl (C=O) groups is 1. The molecule has 1 aliphatic rings. The monoisotopic (exact) mass is 378 g/mol. The highest BCUT2D eigenvalue weighted by Crippen LogP contribution is 2.38. The summed E-state index contributed by atoms with van der Waals surface area (Å²) in [5, 5.41) is 12.1. The van der Waals surface area contributed by atoms with Crippen LogP contribution in [-0.2, 0) is 4.79 Å². The molecule has 0 N–H and O–H groups in total. The maximum atomic E-state index is 11.4. The summed E-state index contributed by atoms with van der Waals surface area (Å²) in [6, 6.07) is 11.7. The molecule has 0 fully saturated rings. The third-order valence-electron chi connectivity index (χ3n) is 4.10. The van der Waals surface area contributed by atoms with Crippen LogP contribution in [0.25, 0.3) is 23.1 Å². The van der Waals surface area contributed by atoms with E-state index in [0.717, 1.165) is 0 Å². The minimum absolute atomic E-state index is 0.0254. The van der Waals surface area contributed by atoms with Crippen molar-refractivity contribution in [1.82, 2.24) is 4.98 Å². The van der Waals surface area contributed by atoms with Crippen molar-refractivity contribution in [2.45, 2.75) is 6.92 Å². The van der Waals surface area contributed by atoms with Crippen LogP contribution in [0.2, 0.25) is 0 Å². The predicted octanol–water partition coefficient (Wildman–Crippen LogP) is 3.97. The maximum Gasteiger partial charge on any atom is 0.308 e. The Morgan fingerprint density at radius 1 is 1.18 bits per heavy atom. The number of esters is 1. The van der Waals surface area contributed by atoms with E-state index < -0.39 is 10.9 Å².